The Hall–Kier alpha value is -2.03. The van der Waals surface area contributed by atoms with Crippen molar-refractivity contribution in [2.24, 2.45) is 4.99 Å². The highest BCUT2D eigenvalue weighted by atomic mass is 15.2. The normalized spacial score (nSPS) is 20.0. The van der Waals surface area contributed by atoms with E-state index in [1.807, 2.05) is 38.3 Å². The average Bonchev–Trinajstić information content (AvgIpc) is 2.49. The van der Waals surface area contributed by atoms with E-state index in [2.05, 4.69) is 28.6 Å². The number of nitrogens with two attached hydrogens (primary N) is 1. The van der Waals surface area contributed by atoms with Crippen molar-refractivity contribution in [3.05, 3.63) is 54.1 Å². The number of nitrogen functional groups attached to an aromatic ring is 1. The van der Waals surface area contributed by atoms with Gasteiger partial charge in [-0.05, 0) is 37.5 Å². The molecular weight excluding hydrogens is 258 g/mol. The molecule has 1 aliphatic rings. The Kier molecular flexibility index (Phi) is 5.20. The maximum Gasteiger partial charge on any atom is 0.130 e. The number of rotatable bonds is 3. The van der Waals surface area contributed by atoms with Crippen LogP contribution in [0.4, 0.5) is 5.69 Å². The Bertz CT molecular complexity index is 557. The Morgan fingerprint density at radius 2 is 2.29 bits per heavy atom. The zero-order chi connectivity index (χ0) is 15.2. The molecule has 0 amide bonds. The number of piperidine rings is 1. The van der Waals surface area contributed by atoms with Crippen LogP contribution >= 0.6 is 0 Å². The van der Waals surface area contributed by atoms with Gasteiger partial charge in [0.05, 0.1) is 0 Å². The van der Waals surface area contributed by atoms with E-state index in [4.69, 9.17) is 5.73 Å². The molecule has 1 unspecified atom stereocenters. The third-order valence-corrected chi connectivity index (χ3v) is 3.97. The Morgan fingerprint density at radius 3 is 2.95 bits per heavy atom. The third-order valence-electron chi connectivity index (χ3n) is 3.97. The van der Waals surface area contributed by atoms with Gasteiger partial charge in [-0.25, -0.2) is 0 Å². The van der Waals surface area contributed by atoms with Gasteiger partial charge in [-0.15, -0.1) is 0 Å². The molecule has 1 aromatic rings. The maximum absolute atomic E-state index is 5.91. The third kappa shape index (κ3) is 3.75. The molecule has 2 rings (SSSR count). The number of anilines is 1. The topological polar surface area (TPSA) is 41.6 Å². The molecule has 1 heterocycles. The number of benzene rings is 1. The lowest BCUT2D eigenvalue weighted by Crippen LogP contribution is -2.39. The lowest BCUT2D eigenvalue weighted by Gasteiger charge is -2.35. The van der Waals surface area contributed by atoms with Gasteiger partial charge in [-0.1, -0.05) is 30.9 Å². The number of hydrogen-bond acceptors (Lipinski definition) is 2. The fraction of sp³-hybridized carbons (Fsp3) is 0.389. The molecule has 0 radical (unpaired) electrons. The largest absolute Gasteiger partial charge is 0.399 e. The Balaban J connectivity index is 2.15. The monoisotopic (exact) mass is 283 g/mol. The molecule has 112 valence electrons. The van der Waals surface area contributed by atoms with Crippen LogP contribution in [0.5, 0.6) is 0 Å². The van der Waals surface area contributed by atoms with Crippen molar-refractivity contribution in [2.45, 2.75) is 25.7 Å². The van der Waals surface area contributed by atoms with Crippen LogP contribution < -0.4 is 5.73 Å². The van der Waals surface area contributed by atoms with E-state index in [0.29, 0.717) is 5.92 Å². The van der Waals surface area contributed by atoms with E-state index >= 15 is 0 Å². The van der Waals surface area contributed by atoms with Gasteiger partial charge in [0.25, 0.3) is 0 Å². The van der Waals surface area contributed by atoms with Gasteiger partial charge in [0.15, 0.2) is 0 Å². The van der Waals surface area contributed by atoms with Gasteiger partial charge in [0.1, 0.15) is 5.84 Å². The quantitative estimate of drug-likeness (QED) is 0.398. The summed E-state index contributed by atoms with van der Waals surface area (Å²) in [5.41, 5.74) is 9.06. The van der Waals surface area contributed by atoms with E-state index in [1.165, 1.54) is 18.4 Å². The van der Waals surface area contributed by atoms with Crippen LogP contribution in [-0.2, 0) is 0 Å². The second-order valence-electron chi connectivity index (χ2n) is 5.53. The van der Waals surface area contributed by atoms with Gasteiger partial charge >= 0.3 is 0 Å². The number of nitrogens with zero attached hydrogens (tertiary/aromatic N) is 2. The molecule has 0 bridgehead atoms. The lowest BCUT2D eigenvalue weighted by molar-refractivity contribution is 0.309. The highest BCUT2D eigenvalue weighted by Crippen LogP contribution is 2.28. The first-order chi connectivity index (χ1) is 10.2. The van der Waals surface area contributed by atoms with Gasteiger partial charge in [0.2, 0.25) is 0 Å². The van der Waals surface area contributed by atoms with E-state index in [0.717, 1.165) is 30.2 Å². The number of allylic oxidation sites excluding steroid dienone is 1. The van der Waals surface area contributed by atoms with Crippen LogP contribution in [0.1, 0.15) is 31.2 Å². The summed E-state index contributed by atoms with van der Waals surface area (Å²) in [5.74, 6) is 1.51. The summed E-state index contributed by atoms with van der Waals surface area (Å²) >= 11 is 0. The smallest absolute Gasteiger partial charge is 0.130 e. The van der Waals surface area contributed by atoms with Crippen molar-refractivity contribution in [1.82, 2.24) is 4.90 Å². The van der Waals surface area contributed by atoms with Crippen LogP contribution in [0, 0.1) is 0 Å². The number of amidine groups is 1. The molecule has 0 aromatic heterocycles. The summed E-state index contributed by atoms with van der Waals surface area (Å²) in [7, 11) is 1.84. The number of aliphatic imine (C=N–C) groups is 1. The molecule has 1 fully saturated rings. The molecule has 3 heteroatoms. The SMILES string of the molecule is C=C(/C=C\C)/C(=N\C)N1CCCC(c2cccc(N)c2)C1. The zero-order valence-corrected chi connectivity index (χ0v) is 13.0. The van der Waals surface area contributed by atoms with E-state index in [-0.39, 0.29) is 0 Å². The standard InChI is InChI=1S/C18H25N3/c1-4-7-14(2)18(20-3)21-11-6-9-16(13-21)15-8-5-10-17(19)12-15/h4-5,7-8,10,12,16H,2,6,9,11,13,19H2,1,3H3/b7-4-,20-18+. The van der Waals surface area contributed by atoms with Crippen molar-refractivity contribution >= 4 is 11.5 Å². The molecule has 0 saturated carbocycles. The van der Waals surface area contributed by atoms with Crippen LogP contribution in [-0.4, -0.2) is 30.9 Å². The Labute approximate surface area is 127 Å². The van der Waals surface area contributed by atoms with Crippen molar-refractivity contribution in [3.8, 4) is 0 Å². The highest BCUT2D eigenvalue weighted by Gasteiger charge is 2.24. The molecule has 1 aliphatic heterocycles. The maximum atomic E-state index is 5.91. The van der Waals surface area contributed by atoms with Crippen molar-refractivity contribution < 1.29 is 0 Å². The first kappa shape index (κ1) is 15.4. The summed E-state index contributed by atoms with van der Waals surface area (Å²) in [4.78, 5) is 6.79. The molecule has 1 atom stereocenters. The van der Waals surface area contributed by atoms with E-state index < -0.39 is 0 Å². The predicted molar refractivity (Wildman–Crippen MR) is 91.7 cm³/mol. The second kappa shape index (κ2) is 7.11. The van der Waals surface area contributed by atoms with E-state index in [9.17, 15) is 0 Å². The zero-order valence-electron chi connectivity index (χ0n) is 13.0. The summed E-state index contributed by atoms with van der Waals surface area (Å²) in [6.07, 6.45) is 6.40. The van der Waals surface area contributed by atoms with Crippen LogP contribution in [0.2, 0.25) is 0 Å². The van der Waals surface area contributed by atoms with E-state index in [1.54, 1.807) is 0 Å². The first-order valence-corrected chi connectivity index (χ1v) is 7.55. The summed E-state index contributed by atoms with van der Waals surface area (Å²) in [6.45, 7) is 8.15. The highest BCUT2D eigenvalue weighted by molar-refractivity contribution is 6.00. The van der Waals surface area contributed by atoms with Gasteiger partial charge in [0, 0.05) is 37.3 Å². The average molecular weight is 283 g/mol. The molecule has 1 aromatic carbocycles. The number of likely N-dealkylation sites (tertiary alicyclic amines) is 1. The second-order valence-corrected chi connectivity index (χ2v) is 5.53. The summed E-state index contributed by atoms with van der Waals surface area (Å²) in [6, 6.07) is 8.25. The minimum Gasteiger partial charge on any atom is -0.399 e. The van der Waals surface area contributed by atoms with Crippen molar-refractivity contribution in [3.63, 3.8) is 0 Å². The van der Waals surface area contributed by atoms with Gasteiger partial charge in [-0.2, -0.15) is 0 Å². The van der Waals surface area contributed by atoms with Crippen LogP contribution in [0.25, 0.3) is 0 Å². The summed E-state index contributed by atoms with van der Waals surface area (Å²) in [5, 5.41) is 0. The molecular formula is C18H25N3. The minimum absolute atomic E-state index is 0.511. The van der Waals surface area contributed by atoms with Crippen LogP contribution in [0.3, 0.4) is 0 Å². The number of hydrogen-bond donors (Lipinski definition) is 1. The molecule has 3 nitrogen and oxygen atoms in total. The molecule has 21 heavy (non-hydrogen) atoms. The Morgan fingerprint density at radius 1 is 1.48 bits per heavy atom. The van der Waals surface area contributed by atoms with Crippen LogP contribution in [0.15, 0.2) is 53.6 Å². The fourth-order valence-corrected chi connectivity index (χ4v) is 3.02. The first-order valence-electron chi connectivity index (χ1n) is 7.55. The molecule has 2 N–H and O–H groups in total. The van der Waals surface area contributed by atoms with Crippen molar-refractivity contribution in [1.29, 1.82) is 0 Å². The van der Waals surface area contributed by atoms with Gasteiger partial charge in [-0.3, -0.25) is 4.99 Å². The molecule has 0 spiro atoms. The van der Waals surface area contributed by atoms with Crippen molar-refractivity contribution in [2.75, 3.05) is 25.9 Å². The molecule has 1 saturated heterocycles. The van der Waals surface area contributed by atoms with Gasteiger partial charge < -0.3 is 10.6 Å². The molecule has 0 aliphatic carbocycles. The predicted octanol–water partition coefficient (Wildman–Crippen LogP) is 3.61. The fourth-order valence-electron chi connectivity index (χ4n) is 3.02. The lowest BCUT2D eigenvalue weighted by atomic mass is 9.90. The minimum atomic E-state index is 0.511. The summed E-state index contributed by atoms with van der Waals surface area (Å²) < 4.78 is 0.